The van der Waals surface area contributed by atoms with Gasteiger partial charge in [0.15, 0.2) is 0 Å². The third kappa shape index (κ3) is 3.63. The van der Waals surface area contributed by atoms with E-state index in [0.29, 0.717) is 16.8 Å². The molecule has 7 heteroatoms. The Morgan fingerprint density at radius 3 is 2.61 bits per heavy atom. The first-order valence-corrected chi connectivity index (χ1v) is 8.85. The lowest BCUT2D eigenvalue weighted by atomic mass is 10.3. The molecule has 18 heavy (non-hydrogen) atoms. The minimum Gasteiger partial charge on any atom is -0.496 e. The molecule has 0 spiro atoms. The SMILES string of the molecule is COc1ccc(S(=O)(=O)N(C)CCSC)cc1Br. The van der Waals surface area contributed by atoms with Gasteiger partial charge in [0.1, 0.15) is 5.75 Å². The van der Waals surface area contributed by atoms with Crippen LogP contribution in [0.5, 0.6) is 5.75 Å². The molecule has 0 heterocycles. The number of methoxy groups -OCH3 is 1. The molecule has 1 aromatic rings. The number of nitrogens with zero attached hydrogens (tertiary/aromatic N) is 1. The Bertz CT molecular complexity index is 505. The van der Waals surface area contributed by atoms with Crippen molar-refractivity contribution in [1.82, 2.24) is 4.31 Å². The normalized spacial score (nSPS) is 11.8. The summed E-state index contributed by atoms with van der Waals surface area (Å²) in [5.41, 5.74) is 0. The Hall–Kier alpha value is -0.240. The molecule has 0 bridgehead atoms. The van der Waals surface area contributed by atoms with Gasteiger partial charge in [-0.3, -0.25) is 0 Å². The second kappa shape index (κ2) is 6.79. The lowest BCUT2D eigenvalue weighted by molar-refractivity contribution is 0.411. The van der Waals surface area contributed by atoms with Gasteiger partial charge in [0.25, 0.3) is 0 Å². The number of sulfonamides is 1. The zero-order valence-electron chi connectivity index (χ0n) is 10.5. The summed E-state index contributed by atoms with van der Waals surface area (Å²) >= 11 is 4.90. The second-order valence-corrected chi connectivity index (χ2v) is 7.50. The average molecular weight is 354 g/mol. The van der Waals surface area contributed by atoms with Crippen molar-refractivity contribution in [1.29, 1.82) is 0 Å². The van der Waals surface area contributed by atoms with Crippen LogP contribution >= 0.6 is 27.7 Å². The predicted octanol–water partition coefficient (Wildman–Crippen LogP) is 2.44. The van der Waals surface area contributed by atoms with E-state index in [-0.39, 0.29) is 4.90 Å². The monoisotopic (exact) mass is 353 g/mol. The van der Waals surface area contributed by atoms with Gasteiger partial charge in [-0.2, -0.15) is 11.8 Å². The quantitative estimate of drug-likeness (QED) is 0.787. The maximum absolute atomic E-state index is 12.2. The number of rotatable bonds is 6. The van der Waals surface area contributed by atoms with Crippen molar-refractivity contribution in [3.05, 3.63) is 22.7 Å². The molecule has 0 aliphatic carbocycles. The van der Waals surface area contributed by atoms with Crippen molar-refractivity contribution in [2.24, 2.45) is 0 Å². The Balaban J connectivity index is 3.01. The number of hydrogen-bond donors (Lipinski definition) is 0. The van der Waals surface area contributed by atoms with Gasteiger partial charge in [-0.15, -0.1) is 0 Å². The van der Waals surface area contributed by atoms with E-state index < -0.39 is 10.0 Å². The maximum Gasteiger partial charge on any atom is 0.242 e. The van der Waals surface area contributed by atoms with E-state index >= 15 is 0 Å². The maximum atomic E-state index is 12.2. The summed E-state index contributed by atoms with van der Waals surface area (Å²) < 4.78 is 31.6. The molecular weight excluding hydrogens is 338 g/mol. The van der Waals surface area contributed by atoms with E-state index in [2.05, 4.69) is 15.9 Å². The van der Waals surface area contributed by atoms with Crippen LogP contribution in [0.3, 0.4) is 0 Å². The molecule has 0 aliphatic heterocycles. The molecule has 0 unspecified atom stereocenters. The highest BCUT2D eigenvalue weighted by Gasteiger charge is 2.21. The Labute approximate surface area is 121 Å². The molecule has 0 atom stereocenters. The van der Waals surface area contributed by atoms with Crippen LogP contribution in [0.15, 0.2) is 27.6 Å². The third-order valence-corrected chi connectivity index (χ3v) is 5.51. The number of benzene rings is 1. The van der Waals surface area contributed by atoms with Crippen molar-refractivity contribution in [2.75, 3.05) is 32.7 Å². The van der Waals surface area contributed by atoms with Crippen LogP contribution in [0.25, 0.3) is 0 Å². The number of hydrogen-bond acceptors (Lipinski definition) is 4. The van der Waals surface area contributed by atoms with Gasteiger partial charge < -0.3 is 4.74 Å². The van der Waals surface area contributed by atoms with E-state index in [0.717, 1.165) is 5.75 Å². The van der Waals surface area contributed by atoms with Crippen LogP contribution in [0, 0.1) is 0 Å². The van der Waals surface area contributed by atoms with Gasteiger partial charge in [0, 0.05) is 19.3 Å². The Kier molecular flexibility index (Phi) is 5.97. The molecule has 0 saturated carbocycles. The van der Waals surface area contributed by atoms with Gasteiger partial charge in [0.05, 0.1) is 16.5 Å². The lowest BCUT2D eigenvalue weighted by Gasteiger charge is -2.17. The minimum absolute atomic E-state index is 0.263. The molecule has 0 fully saturated rings. The van der Waals surface area contributed by atoms with Gasteiger partial charge in [-0.25, -0.2) is 12.7 Å². The zero-order chi connectivity index (χ0) is 13.8. The largest absolute Gasteiger partial charge is 0.496 e. The van der Waals surface area contributed by atoms with Gasteiger partial charge in [-0.05, 0) is 40.4 Å². The summed E-state index contributed by atoms with van der Waals surface area (Å²) in [5.74, 6) is 1.38. The number of ether oxygens (including phenoxy) is 1. The van der Waals surface area contributed by atoms with E-state index in [1.165, 1.54) is 4.31 Å². The van der Waals surface area contributed by atoms with Gasteiger partial charge in [0.2, 0.25) is 10.0 Å². The van der Waals surface area contributed by atoms with E-state index in [4.69, 9.17) is 4.74 Å². The fourth-order valence-electron chi connectivity index (χ4n) is 1.33. The van der Waals surface area contributed by atoms with Crippen LogP contribution in [0.2, 0.25) is 0 Å². The van der Waals surface area contributed by atoms with Crippen molar-refractivity contribution in [3.63, 3.8) is 0 Å². The molecule has 0 aliphatic rings. The van der Waals surface area contributed by atoms with Crippen LogP contribution in [0.1, 0.15) is 0 Å². The van der Waals surface area contributed by atoms with Gasteiger partial charge in [-0.1, -0.05) is 0 Å². The van der Waals surface area contributed by atoms with E-state index in [9.17, 15) is 8.42 Å². The van der Waals surface area contributed by atoms with E-state index in [1.807, 2.05) is 6.26 Å². The van der Waals surface area contributed by atoms with Crippen LogP contribution < -0.4 is 4.74 Å². The van der Waals surface area contributed by atoms with Crippen molar-refractivity contribution in [2.45, 2.75) is 4.90 Å². The fraction of sp³-hybridized carbons (Fsp3) is 0.455. The minimum atomic E-state index is -3.42. The highest BCUT2D eigenvalue weighted by molar-refractivity contribution is 9.10. The summed E-state index contributed by atoms with van der Waals surface area (Å²) in [5, 5.41) is 0. The summed E-state index contributed by atoms with van der Waals surface area (Å²) in [6, 6.07) is 4.75. The van der Waals surface area contributed by atoms with E-state index in [1.54, 1.807) is 44.1 Å². The highest BCUT2D eigenvalue weighted by Crippen LogP contribution is 2.28. The molecule has 0 radical (unpaired) electrons. The third-order valence-electron chi connectivity index (χ3n) is 2.44. The van der Waals surface area contributed by atoms with Crippen LogP contribution in [-0.4, -0.2) is 45.4 Å². The van der Waals surface area contributed by atoms with Crippen molar-refractivity contribution in [3.8, 4) is 5.75 Å². The second-order valence-electron chi connectivity index (χ2n) is 3.62. The molecule has 0 saturated heterocycles. The summed E-state index contributed by atoms with van der Waals surface area (Å²) in [7, 11) is -0.297. The highest BCUT2D eigenvalue weighted by atomic mass is 79.9. The molecule has 102 valence electrons. The Morgan fingerprint density at radius 1 is 1.44 bits per heavy atom. The zero-order valence-corrected chi connectivity index (χ0v) is 13.7. The summed E-state index contributed by atoms with van der Waals surface area (Å²) in [4.78, 5) is 0.263. The topological polar surface area (TPSA) is 46.6 Å². The number of halogens is 1. The molecule has 1 rings (SSSR count). The molecule has 4 nitrogen and oxygen atoms in total. The van der Waals surface area contributed by atoms with Gasteiger partial charge >= 0.3 is 0 Å². The first-order valence-electron chi connectivity index (χ1n) is 5.22. The number of thioether (sulfide) groups is 1. The average Bonchev–Trinajstić information content (AvgIpc) is 2.35. The molecule has 0 amide bonds. The van der Waals surface area contributed by atoms with Crippen molar-refractivity contribution >= 4 is 37.7 Å². The molecule has 0 aromatic heterocycles. The van der Waals surface area contributed by atoms with Crippen LogP contribution in [-0.2, 0) is 10.0 Å². The first-order chi connectivity index (χ1) is 8.43. The molecule has 0 N–H and O–H groups in total. The molecule has 1 aromatic carbocycles. The standard InChI is InChI=1S/C11H16BrNO3S2/c1-13(6-7-17-3)18(14,15)9-4-5-11(16-2)10(12)8-9/h4-5,8H,6-7H2,1-3H3. The van der Waals surface area contributed by atoms with Crippen LogP contribution in [0.4, 0.5) is 0 Å². The summed E-state index contributed by atoms with van der Waals surface area (Å²) in [6.07, 6.45) is 1.95. The lowest BCUT2D eigenvalue weighted by Crippen LogP contribution is -2.29. The predicted molar refractivity (Wildman–Crippen MR) is 78.9 cm³/mol. The fourth-order valence-corrected chi connectivity index (χ4v) is 3.79. The van der Waals surface area contributed by atoms with Crippen molar-refractivity contribution < 1.29 is 13.2 Å². The first kappa shape index (κ1) is 15.8. The smallest absolute Gasteiger partial charge is 0.242 e. The molecular formula is C11H16BrNO3S2. The summed E-state index contributed by atoms with van der Waals surface area (Å²) in [6.45, 7) is 0.493. The Morgan fingerprint density at radius 2 is 2.11 bits per heavy atom.